The van der Waals surface area contributed by atoms with Gasteiger partial charge in [0.2, 0.25) is 5.24 Å². The first kappa shape index (κ1) is 11.2. The second kappa shape index (κ2) is 6.91. The van der Waals surface area contributed by atoms with Crippen LogP contribution in [-0.4, -0.2) is 23.0 Å². The van der Waals surface area contributed by atoms with Crippen LogP contribution in [0.1, 0.15) is 25.7 Å². The van der Waals surface area contributed by atoms with E-state index in [2.05, 4.69) is 5.32 Å². The predicted octanol–water partition coefficient (Wildman–Crippen LogP) is 1.58. The summed E-state index contributed by atoms with van der Waals surface area (Å²) in [7, 11) is 0. The lowest BCUT2D eigenvalue weighted by Gasteiger charge is -1.98. The lowest BCUT2D eigenvalue weighted by molar-refractivity contribution is -0.111. The van der Waals surface area contributed by atoms with Crippen LogP contribution in [0, 0.1) is 0 Å². The molecule has 5 heteroatoms. The van der Waals surface area contributed by atoms with E-state index in [1.807, 2.05) is 0 Å². The third-order valence-electron chi connectivity index (χ3n) is 1.33. The number of carbonyl (C=O) groups is 2. The smallest absolute Gasteiger partial charge is 0.404 e. The maximum Gasteiger partial charge on any atom is 0.404 e. The highest BCUT2D eigenvalue weighted by Gasteiger charge is 1.96. The molecule has 0 atom stereocenters. The molecule has 12 heavy (non-hydrogen) atoms. The Kier molecular flexibility index (Phi) is 6.47. The standard InChI is InChI=1S/C7H12ClNO3/c8-6(10)4-2-1-3-5-9-7(11)12/h9H,1-5H2,(H,11,12). The van der Waals surface area contributed by atoms with Gasteiger partial charge >= 0.3 is 6.09 Å². The minimum Gasteiger partial charge on any atom is -0.465 e. The van der Waals surface area contributed by atoms with Crippen LogP contribution in [0.2, 0.25) is 0 Å². The Bertz CT molecular complexity index is 143. The first-order chi connectivity index (χ1) is 5.63. The van der Waals surface area contributed by atoms with Crippen LogP contribution in [-0.2, 0) is 4.79 Å². The van der Waals surface area contributed by atoms with Gasteiger partial charge in [-0.15, -0.1) is 0 Å². The zero-order chi connectivity index (χ0) is 9.40. The number of carboxylic acid groups (broad SMARTS) is 1. The monoisotopic (exact) mass is 193 g/mol. The van der Waals surface area contributed by atoms with Crippen LogP contribution in [0.5, 0.6) is 0 Å². The largest absolute Gasteiger partial charge is 0.465 e. The van der Waals surface area contributed by atoms with Crippen molar-refractivity contribution in [3.63, 3.8) is 0 Å². The Balaban J connectivity index is 3.01. The molecule has 0 fully saturated rings. The van der Waals surface area contributed by atoms with Crippen LogP contribution >= 0.6 is 11.6 Å². The van der Waals surface area contributed by atoms with E-state index in [0.29, 0.717) is 13.0 Å². The molecule has 4 nitrogen and oxygen atoms in total. The van der Waals surface area contributed by atoms with Crippen molar-refractivity contribution in [2.24, 2.45) is 0 Å². The van der Waals surface area contributed by atoms with Gasteiger partial charge < -0.3 is 10.4 Å². The summed E-state index contributed by atoms with van der Waals surface area (Å²) in [5.74, 6) is 0. The number of carbonyl (C=O) groups excluding carboxylic acids is 1. The highest BCUT2D eigenvalue weighted by molar-refractivity contribution is 6.63. The molecule has 0 aromatic rings. The Morgan fingerprint density at radius 1 is 1.25 bits per heavy atom. The van der Waals surface area contributed by atoms with Crippen molar-refractivity contribution in [1.29, 1.82) is 0 Å². The van der Waals surface area contributed by atoms with Gasteiger partial charge in [-0.2, -0.15) is 0 Å². The summed E-state index contributed by atoms with van der Waals surface area (Å²) in [6, 6.07) is 0. The average molecular weight is 194 g/mol. The van der Waals surface area contributed by atoms with Gasteiger partial charge in [-0.05, 0) is 24.4 Å². The van der Waals surface area contributed by atoms with E-state index >= 15 is 0 Å². The first-order valence-corrected chi connectivity index (χ1v) is 4.16. The molecule has 1 amide bonds. The molecule has 0 unspecified atom stereocenters. The zero-order valence-corrected chi connectivity index (χ0v) is 7.43. The molecule has 0 rings (SSSR count). The molecule has 0 aliphatic rings. The van der Waals surface area contributed by atoms with Crippen LogP contribution in [0.4, 0.5) is 4.79 Å². The average Bonchev–Trinajstić information content (AvgIpc) is 1.95. The second-order valence-corrected chi connectivity index (χ2v) is 2.82. The molecule has 2 N–H and O–H groups in total. The van der Waals surface area contributed by atoms with Crippen LogP contribution < -0.4 is 5.32 Å². The fourth-order valence-corrected chi connectivity index (χ4v) is 0.895. The number of hydrogen-bond acceptors (Lipinski definition) is 2. The molecule has 0 saturated heterocycles. The van der Waals surface area contributed by atoms with Gasteiger partial charge in [-0.1, -0.05) is 6.42 Å². The maximum absolute atomic E-state index is 10.2. The molecule has 0 bridgehead atoms. The molecule has 0 aliphatic heterocycles. The molecule has 70 valence electrons. The SMILES string of the molecule is O=C(Cl)CCCCCNC(=O)O. The van der Waals surface area contributed by atoms with E-state index in [1.165, 1.54) is 0 Å². The third-order valence-corrected chi connectivity index (χ3v) is 1.52. The van der Waals surface area contributed by atoms with Gasteiger partial charge in [0.1, 0.15) is 0 Å². The van der Waals surface area contributed by atoms with Crippen molar-refractivity contribution in [2.45, 2.75) is 25.7 Å². The van der Waals surface area contributed by atoms with E-state index in [-0.39, 0.29) is 5.24 Å². The molecule has 0 aliphatic carbocycles. The molecule has 0 aromatic carbocycles. The predicted molar refractivity (Wildman–Crippen MR) is 45.4 cm³/mol. The summed E-state index contributed by atoms with van der Waals surface area (Å²) in [4.78, 5) is 20.2. The molecule has 0 spiro atoms. The third kappa shape index (κ3) is 9.23. The van der Waals surface area contributed by atoms with Crippen molar-refractivity contribution >= 4 is 22.9 Å². The summed E-state index contributed by atoms with van der Waals surface area (Å²) < 4.78 is 0. The lowest BCUT2D eigenvalue weighted by Crippen LogP contribution is -2.21. The van der Waals surface area contributed by atoms with Crippen LogP contribution in [0.15, 0.2) is 0 Å². The van der Waals surface area contributed by atoms with Crippen molar-refractivity contribution in [2.75, 3.05) is 6.54 Å². The Labute approximate surface area is 75.9 Å². The van der Waals surface area contributed by atoms with E-state index in [1.54, 1.807) is 0 Å². The first-order valence-electron chi connectivity index (χ1n) is 3.78. The number of hydrogen-bond donors (Lipinski definition) is 2. The van der Waals surface area contributed by atoms with Crippen molar-refractivity contribution in [3.8, 4) is 0 Å². The molecular weight excluding hydrogens is 182 g/mol. The van der Waals surface area contributed by atoms with Crippen molar-refractivity contribution < 1.29 is 14.7 Å². The highest BCUT2D eigenvalue weighted by atomic mass is 35.5. The Morgan fingerprint density at radius 2 is 1.92 bits per heavy atom. The number of rotatable bonds is 6. The quantitative estimate of drug-likeness (QED) is 0.497. The van der Waals surface area contributed by atoms with E-state index in [9.17, 15) is 9.59 Å². The van der Waals surface area contributed by atoms with Crippen molar-refractivity contribution in [1.82, 2.24) is 5.32 Å². The van der Waals surface area contributed by atoms with Gasteiger partial charge in [0.15, 0.2) is 0 Å². The van der Waals surface area contributed by atoms with Gasteiger partial charge in [0.05, 0.1) is 0 Å². The van der Waals surface area contributed by atoms with Gasteiger partial charge in [-0.3, -0.25) is 4.79 Å². The van der Waals surface area contributed by atoms with E-state index < -0.39 is 6.09 Å². The minimum absolute atomic E-state index is 0.332. The zero-order valence-electron chi connectivity index (χ0n) is 6.68. The Hall–Kier alpha value is -0.770. The van der Waals surface area contributed by atoms with E-state index in [0.717, 1.165) is 19.3 Å². The van der Waals surface area contributed by atoms with E-state index in [4.69, 9.17) is 16.7 Å². The molecular formula is C7H12ClNO3. The highest BCUT2D eigenvalue weighted by Crippen LogP contribution is 2.01. The molecule has 0 heterocycles. The molecule has 0 radical (unpaired) electrons. The lowest BCUT2D eigenvalue weighted by atomic mass is 10.2. The van der Waals surface area contributed by atoms with Gasteiger partial charge in [0, 0.05) is 13.0 Å². The summed E-state index contributed by atoms with van der Waals surface area (Å²) in [6.07, 6.45) is 1.65. The summed E-state index contributed by atoms with van der Waals surface area (Å²) >= 11 is 5.09. The topological polar surface area (TPSA) is 66.4 Å². The normalized spacial score (nSPS) is 9.42. The molecule has 0 saturated carbocycles. The fraction of sp³-hybridized carbons (Fsp3) is 0.714. The van der Waals surface area contributed by atoms with Gasteiger partial charge in [0.25, 0.3) is 0 Å². The Morgan fingerprint density at radius 3 is 2.42 bits per heavy atom. The molecule has 0 aromatic heterocycles. The maximum atomic E-state index is 10.2. The van der Waals surface area contributed by atoms with Gasteiger partial charge in [-0.25, -0.2) is 4.79 Å². The number of amides is 1. The number of nitrogens with one attached hydrogen (secondary N) is 1. The summed E-state index contributed by atoms with van der Waals surface area (Å²) in [5, 5.41) is 10.1. The summed E-state index contributed by atoms with van der Waals surface area (Å²) in [6.45, 7) is 0.436. The summed E-state index contributed by atoms with van der Waals surface area (Å²) in [5.41, 5.74) is 0. The second-order valence-electron chi connectivity index (χ2n) is 2.40. The number of unbranched alkanes of at least 4 members (excludes halogenated alkanes) is 2. The fourth-order valence-electron chi connectivity index (χ4n) is 0.761. The number of halogens is 1. The minimum atomic E-state index is -1.01. The van der Waals surface area contributed by atoms with Crippen LogP contribution in [0.25, 0.3) is 0 Å². The van der Waals surface area contributed by atoms with Crippen molar-refractivity contribution in [3.05, 3.63) is 0 Å². The van der Waals surface area contributed by atoms with Crippen LogP contribution in [0.3, 0.4) is 0 Å².